The van der Waals surface area contributed by atoms with Crippen LogP contribution >= 0.6 is 23.7 Å². The van der Waals surface area contributed by atoms with E-state index in [0.717, 1.165) is 20.9 Å². The lowest BCUT2D eigenvalue weighted by Gasteiger charge is -2.01. The lowest BCUT2D eigenvalue weighted by Crippen LogP contribution is -2.26. The Bertz CT molecular complexity index is 1180. The average Bonchev–Trinajstić information content (AvgIpc) is 3.50. The molecule has 0 aliphatic heterocycles. The van der Waals surface area contributed by atoms with Crippen LogP contribution in [-0.2, 0) is 13.1 Å². The smallest absolute Gasteiger partial charge is 0.327 e. The van der Waals surface area contributed by atoms with E-state index >= 15 is 0 Å². The molecule has 3 heterocycles. The van der Waals surface area contributed by atoms with Crippen LogP contribution in [0.1, 0.15) is 4.88 Å². The van der Waals surface area contributed by atoms with Gasteiger partial charge in [0.1, 0.15) is 12.0 Å². The molecule has 0 bridgehead atoms. The SMILES string of the molecule is Cl.NC/C(=C\F)Cn1ncn(Cc2ccc(-c3ccc(-c4cnon4)cc3)s2)c1=O. The Labute approximate surface area is 180 Å². The van der Waals surface area contributed by atoms with E-state index in [2.05, 4.69) is 20.0 Å². The van der Waals surface area contributed by atoms with Gasteiger partial charge in [-0.25, -0.2) is 18.5 Å². The van der Waals surface area contributed by atoms with Gasteiger partial charge in [-0.15, -0.1) is 23.7 Å². The van der Waals surface area contributed by atoms with Crippen molar-refractivity contribution >= 4 is 23.7 Å². The minimum absolute atomic E-state index is 0. The first kappa shape index (κ1) is 21.6. The third-order valence-corrected chi connectivity index (χ3v) is 5.50. The predicted molar refractivity (Wildman–Crippen MR) is 114 cm³/mol. The summed E-state index contributed by atoms with van der Waals surface area (Å²) in [5.74, 6) is 0. The Morgan fingerprint density at radius 2 is 1.97 bits per heavy atom. The van der Waals surface area contributed by atoms with Gasteiger partial charge in [-0.3, -0.25) is 4.57 Å². The van der Waals surface area contributed by atoms with Crippen LogP contribution in [0.4, 0.5) is 4.39 Å². The monoisotopic (exact) mass is 448 g/mol. The van der Waals surface area contributed by atoms with Gasteiger partial charge in [-0.05, 0) is 28.4 Å². The second-order valence-corrected chi connectivity index (χ2v) is 7.47. The lowest BCUT2D eigenvalue weighted by atomic mass is 10.1. The zero-order chi connectivity index (χ0) is 20.2. The summed E-state index contributed by atoms with van der Waals surface area (Å²) in [6.07, 6.45) is 3.44. The summed E-state index contributed by atoms with van der Waals surface area (Å²) in [7, 11) is 0. The van der Waals surface area contributed by atoms with Crippen LogP contribution < -0.4 is 11.4 Å². The van der Waals surface area contributed by atoms with Crippen LogP contribution in [0, 0.1) is 0 Å². The van der Waals surface area contributed by atoms with Crippen LogP contribution in [0.3, 0.4) is 0 Å². The highest BCUT2D eigenvalue weighted by atomic mass is 35.5. The number of nitrogens with zero attached hydrogens (tertiary/aromatic N) is 5. The summed E-state index contributed by atoms with van der Waals surface area (Å²) in [6, 6.07) is 11.9. The van der Waals surface area contributed by atoms with E-state index in [1.807, 2.05) is 36.4 Å². The van der Waals surface area contributed by atoms with Crippen LogP contribution in [-0.4, -0.2) is 31.2 Å². The first-order chi connectivity index (χ1) is 14.2. The van der Waals surface area contributed by atoms with E-state index in [0.29, 0.717) is 24.1 Å². The van der Waals surface area contributed by atoms with E-state index in [4.69, 9.17) is 5.73 Å². The van der Waals surface area contributed by atoms with Crippen molar-refractivity contribution in [3.05, 3.63) is 76.2 Å². The molecule has 0 unspecified atom stereocenters. The number of thiophene rings is 1. The molecule has 0 saturated heterocycles. The van der Waals surface area contributed by atoms with Crippen molar-refractivity contribution in [2.75, 3.05) is 6.54 Å². The van der Waals surface area contributed by atoms with Crippen LogP contribution in [0.25, 0.3) is 21.7 Å². The normalized spacial score (nSPS) is 11.5. The molecule has 4 aromatic rings. The zero-order valence-electron chi connectivity index (χ0n) is 15.6. The molecule has 11 heteroatoms. The number of aromatic nitrogens is 5. The number of halogens is 2. The van der Waals surface area contributed by atoms with E-state index in [1.165, 1.54) is 15.6 Å². The number of benzene rings is 1. The Kier molecular flexibility index (Phi) is 6.93. The third-order valence-electron chi connectivity index (χ3n) is 4.38. The molecule has 0 saturated carbocycles. The zero-order valence-corrected chi connectivity index (χ0v) is 17.3. The number of rotatable bonds is 7. The van der Waals surface area contributed by atoms with E-state index in [1.54, 1.807) is 17.5 Å². The number of hydrogen-bond donors (Lipinski definition) is 1. The van der Waals surface area contributed by atoms with Crippen LogP contribution in [0.5, 0.6) is 0 Å². The Morgan fingerprint density at radius 1 is 1.20 bits per heavy atom. The first-order valence-corrected chi connectivity index (χ1v) is 9.57. The fraction of sp³-hybridized carbons (Fsp3) is 0.158. The highest BCUT2D eigenvalue weighted by molar-refractivity contribution is 7.15. The number of hydrogen-bond acceptors (Lipinski definition) is 7. The molecule has 0 amide bonds. The molecule has 0 aliphatic rings. The van der Waals surface area contributed by atoms with Gasteiger partial charge in [0.15, 0.2) is 0 Å². The summed E-state index contributed by atoms with van der Waals surface area (Å²) in [6.45, 7) is 0.474. The molecular weight excluding hydrogens is 431 g/mol. The Morgan fingerprint density at radius 3 is 2.63 bits per heavy atom. The van der Waals surface area contributed by atoms with Crippen molar-refractivity contribution in [1.29, 1.82) is 0 Å². The highest BCUT2D eigenvalue weighted by Crippen LogP contribution is 2.30. The highest BCUT2D eigenvalue weighted by Gasteiger charge is 2.10. The summed E-state index contributed by atoms with van der Waals surface area (Å²) in [5.41, 5.74) is 8.10. The lowest BCUT2D eigenvalue weighted by molar-refractivity contribution is 0.308. The molecule has 0 spiro atoms. The van der Waals surface area contributed by atoms with Gasteiger partial charge in [0.25, 0.3) is 0 Å². The van der Waals surface area contributed by atoms with Crippen molar-refractivity contribution in [3.8, 4) is 21.7 Å². The summed E-state index contributed by atoms with van der Waals surface area (Å²) >= 11 is 1.59. The first-order valence-electron chi connectivity index (χ1n) is 8.75. The molecule has 156 valence electrons. The van der Waals surface area contributed by atoms with Gasteiger partial charge in [0.2, 0.25) is 0 Å². The maximum absolute atomic E-state index is 12.7. The molecule has 0 atom stereocenters. The maximum atomic E-state index is 12.7. The largest absolute Gasteiger partial charge is 0.346 e. The van der Waals surface area contributed by atoms with Crippen molar-refractivity contribution in [1.82, 2.24) is 24.7 Å². The van der Waals surface area contributed by atoms with Gasteiger partial charge in [-0.1, -0.05) is 29.4 Å². The molecule has 2 N–H and O–H groups in total. The second kappa shape index (κ2) is 9.61. The Balaban J connectivity index is 0.00000256. The van der Waals surface area contributed by atoms with Gasteiger partial charge in [-0.2, -0.15) is 5.10 Å². The predicted octanol–water partition coefficient (Wildman–Crippen LogP) is 3.11. The average molecular weight is 449 g/mol. The van der Waals surface area contributed by atoms with Gasteiger partial charge in [0.05, 0.1) is 25.6 Å². The van der Waals surface area contributed by atoms with Crippen LogP contribution in [0.15, 0.2) is 70.2 Å². The molecule has 4 rings (SSSR count). The fourth-order valence-corrected chi connectivity index (χ4v) is 3.82. The molecule has 1 aromatic carbocycles. The Hall–Kier alpha value is -3.08. The number of nitrogens with two attached hydrogens (primary N) is 1. The van der Waals surface area contributed by atoms with Crippen molar-refractivity contribution in [3.63, 3.8) is 0 Å². The quantitative estimate of drug-likeness (QED) is 0.465. The minimum Gasteiger partial charge on any atom is -0.327 e. The van der Waals surface area contributed by atoms with Gasteiger partial charge >= 0.3 is 5.69 Å². The fourth-order valence-electron chi connectivity index (χ4n) is 2.81. The van der Waals surface area contributed by atoms with Crippen molar-refractivity contribution in [2.24, 2.45) is 5.73 Å². The summed E-state index contributed by atoms with van der Waals surface area (Å²) in [5, 5.41) is 11.5. The molecule has 3 aromatic heterocycles. The van der Waals surface area contributed by atoms with Crippen molar-refractivity contribution in [2.45, 2.75) is 13.1 Å². The van der Waals surface area contributed by atoms with Gasteiger partial charge in [0, 0.05) is 21.9 Å². The molecule has 0 aliphatic carbocycles. The third kappa shape index (κ3) is 4.56. The minimum atomic E-state index is -0.307. The standard InChI is InChI=1S/C19H17FN6O2S.ClH/c20-7-13(8-21)10-26-19(27)25(12-22-26)11-16-5-6-18(29-16)15-3-1-14(2-4-15)17-9-23-28-24-17;/h1-7,9,12H,8,10-11,21H2;1H/b13-7+;. The van der Waals surface area contributed by atoms with Crippen molar-refractivity contribution < 1.29 is 9.02 Å². The second-order valence-electron chi connectivity index (χ2n) is 6.31. The molecule has 30 heavy (non-hydrogen) atoms. The molecular formula is C19H18ClFN6O2S. The maximum Gasteiger partial charge on any atom is 0.346 e. The molecule has 8 nitrogen and oxygen atoms in total. The summed E-state index contributed by atoms with van der Waals surface area (Å²) in [4.78, 5) is 14.5. The van der Waals surface area contributed by atoms with E-state index in [9.17, 15) is 9.18 Å². The topological polar surface area (TPSA) is 105 Å². The van der Waals surface area contributed by atoms with Gasteiger partial charge < -0.3 is 5.73 Å². The van der Waals surface area contributed by atoms with E-state index < -0.39 is 0 Å². The molecule has 0 radical (unpaired) electrons. The molecule has 0 fully saturated rings. The van der Waals surface area contributed by atoms with E-state index in [-0.39, 0.29) is 31.2 Å². The summed E-state index contributed by atoms with van der Waals surface area (Å²) < 4.78 is 20.0. The van der Waals surface area contributed by atoms with Crippen LogP contribution in [0.2, 0.25) is 0 Å².